The molecule has 2 fully saturated rings. The van der Waals surface area contributed by atoms with Gasteiger partial charge in [0, 0.05) is 19.0 Å². The fourth-order valence-electron chi connectivity index (χ4n) is 3.08. The third kappa shape index (κ3) is 3.42. The number of hydrogen-bond donors (Lipinski definition) is 2. The summed E-state index contributed by atoms with van der Waals surface area (Å²) in [5.74, 6) is 0.756. The second kappa shape index (κ2) is 6.36. The van der Waals surface area contributed by atoms with Crippen LogP contribution in [0.1, 0.15) is 44.9 Å². The van der Waals surface area contributed by atoms with E-state index in [0.717, 1.165) is 25.9 Å². The maximum Gasteiger partial charge on any atom is 0.237 e. The summed E-state index contributed by atoms with van der Waals surface area (Å²) in [7, 11) is 0. The molecule has 1 amide bonds. The molecule has 1 aliphatic carbocycles. The molecule has 2 rings (SSSR count). The number of hydrogen-bond acceptors (Lipinski definition) is 3. The average Bonchev–Trinajstić information content (AvgIpc) is 2.40. The first kappa shape index (κ1) is 12.8. The van der Waals surface area contributed by atoms with Gasteiger partial charge in [0.2, 0.25) is 5.91 Å². The third-order valence-corrected chi connectivity index (χ3v) is 4.17. The zero-order valence-electron chi connectivity index (χ0n) is 10.7. The molecule has 98 valence electrons. The largest absolute Gasteiger partial charge is 0.330 e. The normalized spacial score (nSPS) is 31.1. The van der Waals surface area contributed by atoms with Crippen molar-refractivity contribution in [2.24, 2.45) is 17.6 Å². The minimum Gasteiger partial charge on any atom is -0.330 e. The van der Waals surface area contributed by atoms with Gasteiger partial charge in [-0.15, -0.1) is 0 Å². The Hall–Kier alpha value is -0.610. The number of carbonyl (C=O) groups is 1. The van der Waals surface area contributed by atoms with Crippen LogP contribution in [0.25, 0.3) is 0 Å². The van der Waals surface area contributed by atoms with Crippen LogP contribution in [0.15, 0.2) is 0 Å². The van der Waals surface area contributed by atoms with Crippen molar-refractivity contribution in [2.45, 2.75) is 44.9 Å². The zero-order valence-corrected chi connectivity index (χ0v) is 10.7. The van der Waals surface area contributed by atoms with E-state index in [2.05, 4.69) is 10.4 Å². The molecule has 0 bridgehead atoms. The van der Waals surface area contributed by atoms with E-state index in [-0.39, 0.29) is 11.8 Å². The van der Waals surface area contributed by atoms with Crippen LogP contribution in [0.2, 0.25) is 0 Å². The molecular formula is C13H25N3O. The van der Waals surface area contributed by atoms with Crippen molar-refractivity contribution in [2.75, 3.05) is 19.6 Å². The predicted octanol–water partition coefficient (Wildman–Crippen LogP) is 1.27. The van der Waals surface area contributed by atoms with Crippen molar-refractivity contribution in [1.82, 2.24) is 10.4 Å². The topological polar surface area (TPSA) is 58.4 Å². The number of nitrogens with two attached hydrogens (primary N) is 1. The minimum absolute atomic E-state index is 0.149. The highest BCUT2D eigenvalue weighted by molar-refractivity contribution is 5.78. The van der Waals surface area contributed by atoms with Crippen LogP contribution in [0.5, 0.6) is 0 Å². The van der Waals surface area contributed by atoms with Gasteiger partial charge in [-0.25, -0.2) is 5.01 Å². The Morgan fingerprint density at radius 1 is 1.12 bits per heavy atom. The summed E-state index contributed by atoms with van der Waals surface area (Å²) in [6, 6.07) is 0. The van der Waals surface area contributed by atoms with E-state index in [1.165, 1.54) is 32.1 Å². The van der Waals surface area contributed by atoms with E-state index in [1.807, 2.05) is 0 Å². The Balaban J connectivity index is 1.84. The Labute approximate surface area is 104 Å². The van der Waals surface area contributed by atoms with Gasteiger partial charge in [-0.1, -0.05) is 19.3 Å². The standard InChI is InChI=1S/C13H25N3O/c14-10-11-6-2-3-7-12(11)13(17)15-16-8-4-1-5-9-16/h11-12H,1-10,14H2,(H,15,17). The van der Waals surface area contributed by atoms with Gasteiger partial charge in [0.15, 0.2) is 0 Å². The van der Waals surface area contributed by atoms with Crippen LogP contribution in [-0.2, 0) is 4.79 Å². The molecule has 1 saturated heterocycles. The molecule has 2 unspecified atom stereocenters. The predicted molar refractivity (Wildman–Crippen MR) is 68.1 cm³/mol. The van der Waals surface area contributed by atoms with Crippen molar-refractivity contribution in [1.29, 1.82) is 0 Å². The fourth-order valence-corrected chi connectivity index (χ4v) is 3.08. The molecule has 2 atom stereocenters. The van der Waals surface area contributed by atoms with E-state index in [9.17, 15) is 4.79 Å². The number of piperidine rings is 1. The molecule has 1 saturated carbocycles. The first-order valence-corrected chi connectivity index (χ1v) is 7.07. The number of nitrogens with zero attached hydrogens (tertiary/aromatic N) is 1. The van der Waals surface area contributed by atoms with Gasteiger partial charge < -0.3 is 5.73 Å². The lowest BCUT2D eigenvalue weighted by atomic mass is 9.79. The summed E-state index contributed by atoms with van der Waals surface area (Å²) in [5, 5.41) is 2.09. The molecule has 1 heterocycles. The second-order valence-corrected chi connectivity index (χ2v) is 5.41. The first-order chi connectivity index (χ1) is 8.31. The summed E-state index contributed by atoms with van der Waals surface area (Å²) < 4.78 is 0. The maximum absolute atomic E-state index is 12.2. The number of rotatable bonds is 3. The Kier molecular flexibility index (Phi) is 4.80. The number of carbonyl (C=O) groups excluding carboxylic acids is 1. The van der Waals surface area contributed by atoms with Gasteiger partial charge in [-0.05, 0) is 38.1 Å². The number of hydrazine groups is 1. The SMILES string of the molecule is NCC1CCCCC1C(=O)NN1CCCCC1. The van der Waals surface area contributed by atoms with Crippen LogP contribution < -0.4 is 11.2 Å². The van der Waals surface area contributed by atoms with Crippen molar-refractivity contribution in [3.8, 4) is 0 Å². The lowest BCUT2D eigenvalue weighted by Crippen LogP contribution is -2.49. The van der Waals surface area contributed by atoms with Crippen molar-refractivity contribution in [3.63, 3.8) is 0 Å². The molecule has 0 aromatic rings. The van der Waals surface area contributed by atoms with Crippen LogP contribution in [0.3, 0.4) is 0 Å². The second-order valence-electron chi connectivity index (χ2n) is 5.41. The lowest BCUT2D eigenvalue weighted by molar-refractivity contribution is -0.133. The molecule has 4 heteroatoms. The van der Waals surface area contributed by atoms with Crippen LogP contribution in [0.4, 0.5) is 0 Å². The summed E-state index contributed by atoms with van der Waals surface area (Å²) in [5.41, 5.74) is 8.86. The van der Waals surface area contributed by atoms with Crippen molar-refractivity contribution < 1.29 is 4.79 Å². The quantitative estimate of drug-likeness (QED) is 0.779. The Bertz CT molecular complexity index is 251. The Morgan fingerprint density at radius 3 is 2.53 bits per heavy atom. The molecule has 0 spiro atoms. The zero-order chi connectivity index (χ0) is 12.1. The summed E-state index contributed by atoms with van der Waals surface area (Å²) >= 11 is 0. The maximum atomic E-state index is 12.2. The van der Waals surface area contributed by atoms with Crippen LogP contribution in [-0.4, -0.2) is 30.6 Å². The smallest absolute Gasteiger partial charge is 0.237 e. The molecule has 4 nitrogen and oxygen atoms in total. The lowest BCUT2D eigenvalue weighted by Gasteiger charge is -2.33. The molecule has 0 aromatic carbocycles. The summed E-state index contributed by atoms with van der Waals surface area (Å²) in [6.07, 6.45) is 8.23. The van der Waals surface area contributed by atoms with Gasteiger partial charge in [0.05, 0.1) is 0 Å². The monoisotopic (exact) mass is 239 g/mol. The third-order valence-electron chi connectivity index (χ3n) is 4.17. The molecule has 1 aliphatic heterocycles. The fraction of sp³-hybridized carbons (Fsp3) is 0.923. The Morgan fingerprint density at radius 2 is 1.82 bits per heavy atom. The highest BCUT2D eigenvalue weighted by Gasteiger charge is 2.30. The highest BCUT2D eigenvalue weighted by Crippen LogP contribution is 2.29. The minimum atomic E-state index is 0.149. The van der Waals surface area contributed by atoms with E-state index in [0.29, 0.717) is 12.5 Å². The van der Waals surface area contributed by atoms with Gasteiger partial charge >= 0.3 is 0 Å². The van der Waals surface area contributed by atoms with Crippen LogP contribution in [0, 0.1) is 11.8 Å². The van der Waals surface area contributed by atoms with Gasteiger partial charge in [0.25, 0.3) is 0 Å². The van der Waals surface area contributed by atoms with Gasteiger partial charge in [-0.2, -0.15) is 0 Å². The molecule has 0 radical (unpaired) electrons. The van der Waals surface area contributed by atoms with Crippen LogP contribution >= 0.6 is 0 Å². The summed E-state index contributed by atoms with van der Waals surface area (Å²) in [6.45, 7) is 2.66. The molecule has 3 N–H and O–H groups in total. The number of amides is 1. The van der Waals surface area contributed by atoms with E-state index >= 15 is 0 Å². The molecular weight excluding hydrogens is 214 g/mol. The van der Waals surface area contributed by atoms with Crippen molar-refractivity contribution >= 4 is 5.91 Å². The van der Waals surface area contributed by atoms with Crippen molar-refractivity contribution in [3.05, 3.63) is 0 Å². The molecule has 0 aromatic heterocycles. The molecule has 2 aliphatic rings. The van der Waals surface area contributed by atoms with E-state index in [4.69, 9.17) is 5.73 Å². The van der Waals surface area contributed by atoms with E-state index in [1.54, 1.807) is 0 Å². The molecule has 17 heavy (non-hydrogen) atoms. The van der Waals surface area contributed by atoms with Gasteiger partial charge in [0.1, 0.15) is 0 Å². The average molecular weight is 239 g/mol. The van der Waals surface area contributed by atoms with E-state index < -0.39 is 0 Å². The summed E-state index contributed by atoms with van der Waals surface area (Å²) in [4.78, 5) is 12.2. The number of nitrogens with one attached hydrogen (secondary N) is 1. The van der Waals surface area contributed by atoms with Gasteiger partial charge in [-0.3, -0.25) is 10.2 Å². The first-order valence-electron chi connectivity index (χ1n) is 7.07. The highest BCUT2D eigenvalue weighted by atomic mass is 16.2.